The first-order valence-corrected chi connectivity index (χ1v) is 10.4. The number of halogens is 1. The number of aryl methyl sites for hydroxylation is 2. The van der Waals surface area contributed by atoms with Gasteiger partial charge in [0.1, 0.15) is 4.83 Å². The van der Waals surface area contributed by atoms with Crippen LogP contribution in [0.15, 0.2) is 21.6 Å². The van der Waals surface area contributed by atoms with E-state index < -0.39 is 0 Å². The van der Waals surface area contributed by atoms with Crippen molar-refractivity contribution in [1.82, 2.24) is 9.55 Å². The maximum atomic E-state index is 13.2. The lowest BCUT2D eigenvalue weighted by Gasteiger charge is -2.15. The summed E-state index contributed by atoms with van der Waals surface area (Å²) >= 11 is 8.76. The summed E-state index contributed by atoms with van der Waals surface area (Å²) in [6, 6.07) is 0. The molecule has 2 aromatic heterocycles. The van der Waals surface area contributed by atoms with E-state index in [1.807, 2.05) is 6.08 Å². The molecule has 130 valence electrons. The van der Waals surface area contributed by atoms with Gasteiger partial charge in [0.05, 0.1) is 18.0 Å². The van der Waals surface area contributed by atoms with Crippen LogP contribution in [0.2, 0.25) is 0 Å². The Morgan fingerprint density at radius 1 is 1.54 bits per heavy atom. The first kappa shape index (κ1) is 18.0. The van der Waals surface area contributed by atoms with E-state index in [-0.39, 0.29) is 11.7 Å². The number of fused-ring (bicyclic) bond motifs is 1. The zero-order chi connectivity index (χ0) is 17.1. The van der Waals surface area contributed by atoms with Crippen LogP contribution < -0.4 is 5.56 Å². The van der Waals surface area contributed by atoms with Gasteiger partial charge in [-0.25, -0.2) is 4.98 Å². The third-order valence-electron chi connectivity index (χ3n) is 4.24. The molecule has 1 unspecified atom stereocenters. The van der Waals surface area contributed by atoms with Gasteiger partial charge < -0.3 is 4.74 Å². The first-order chi connectivity index (χ1) is 11.7. The summed E-state index contributed by atoms with van der Waals surface area (Å²) in [5, 5.41) is 1.54. The van der Waals surface area contributed by atoms with Crippen molar-refractivity contribution in [2.24, 2.45) is 0 Å². The molecule has 3 heterocycles. The summed E-state index contributed by atoms with van der Waals surface area (Å²) in [6.07, 6.45) is 4.87. The van der Waals surface area contributed by atoms with Crippen LogP contribution in [-0.2, 0) is 17.7 Å². The smallest absolute Gasteiger partial charge is 0.263 e. The van der Waals surface area contributed by atoms with Crippen LogP contribution in [0.4, 0.5) is 0 Å². The fourth-order valence-electron chi connectivity index (χ4n) is 3.08. The van der Waals surface area contributed by atoms with Gasteiger partial charge in [-0.15, -0.1) is 11.3 Å². The van der Waals surface area contributed by atoms with Crippen molar-refractivity contribution in [2.45, 2.75) is 50.9 Å². The average Bonchev–Trinajstić information content (AvgIpc) is 3.18. The summed E-state index contributed by atoms with van der Waals surface area (Å²) in [5.74, 6) is 0.692. The standard InChI is InChI=1S/C17H21ClN2O2S2/c1-3-13-11(2)24-15-14(13)16(21)20(10-12-6-4-8-22-12)17(19-15)23-9-5-7-18/h5,7,12H,3-4,6,8-10H2,1-2H3/b7-5+. The van der Waals surface area contributed by atoms with E-state index >= 15 is 0 Å². The Balaban J connectivity index is 2.09. The van der Waals surface area contributed by atoms with E-state index in [0.717, 1.165) is 46.8 Å². The van der Waals surface area contributed by atoms with Crippen LogP contribution in [0.25, 0.3) is 10.2 Å². The molecular weight excluding hydrogens is 364 g/mol. The zero-order valence-electron chi connectivity index (χ0n) is 13.9. The number of thioether (sulfide) groups is 1. The second-order valence-corrected chi connectivity index (χ2v) is 8.23. The summed E-state index contributed by atoms with van der Waals surface area (Å²) in [4.78, 5) is 20.0. The van der Waals surface area contributed by atoms with Crippen molar-refractivity contribution >= 4 is 44.9 Å². The molecule has 7 heteroatoms. The minimum atomic E-state index is 0.0639. The van der Waals surface area contributed by atoms with Crippen molar-refractivity contribution in [3.05, 3.63) is 32.4 Å². The summed E-state index contributed by atoms with van der Waals surface area (Å²) in [7, 11) is 0. The van der Waals surface area contributed by atoms with Crippen LogP contribution in [-0.4, -0.2) is 28.0 Å². The van der Waals surface area contributed by atoms with E-state index in [0.29, 0.717) is 12.3 Å². The van der Waals surface area contributed by atoms with Gasteiger partial charge in [0.25, 0.3) is 5.56 Å². The second-order valence-electron chi connectivity index (χ2n) is 5.79. The van der Waals surface area contributed by atoms with E-state index in [1.165, 1.54) is 22.2 Å². The number of rotatable bonds is 6. The van der Waals surface area contributed by atoms with Crippen LogP contribution in [0.1, 0.15) is 30.2 Å². The Hall–Kier alpha value is -0.820. The monoisotopic (exact) mass is 384 g/mol. The summed E-state index contributed by atoms with van der Waals surface area (Å²) in [6.45, 7) is 5.52. The van der Waals surface area contributed by atoms with Gasteiger partial charge in [-0.2, -0.15) is 0 Å². The molecule has 0 saturated carbocycles. The van der Waals surface area contributed by atoms with E-state index in [9.17, 15) is 4.79 Å². The fourth-order valence-corrected chi connectivity index (χ4v) is 5.25. The Labute approximate surface area is 154 Å². The van der Waals surface area contributed by atoms with Crippen molar-refractivity contribution in [3.8, 4) is 0 Å². The van der Waals surface area contributed by atoms with Crippen molar-refractivity contribution in [3.63, 3.8) is 0 Å². The highest BCUT2D eigenvalue weighted by Gasteiger charge is 2.22. The number of aromatic nitrogens is 2. The molecular formula is C17H21ClN2O2S2. The maximum absolute atomic E-state index is 13.2. The summed E-state index contributed by atoms with van der Waals surface area (Å²) in [5.41, 5.74) is 2.69. The van der Waals surface area contributed by atoms with Crippen LogP contribution in [0.3, 0.4) is 0 Å². The largest absolute Gasteiger partial charge is 0.376 e. The summed E-state index contributed by atoms with van der Waals surface area (Å²) < 4.78 is 7.54. The minimum Gasteiger partial charge on any atom is -0.376 e. The first-order valence-electron chi connectivity index (χ1n) is 8.18. The van der Waals surface area contributed by atoms with Crippen LogP contribution >= 0.6 is 34.7 Å². The molecule has 0 amide bonds. The van der Waals surface area contributed by atoms with Crippen molar-refractivity contribution in [1.29, 1.82) is 0 Å². The molecule has 0 spiro atoms. The molecule has 1 saturated heterocycles. The van der Waals surface area contributed by atoms with E-state index in [2.05, 4.69) is 13.8 Å². The third-order valence-corrected chi connectivity index (χ3v) is 6.39. The molecule has 1 aliphatic heterocycles. The predicted molar refractivity (Wildman–Crippen MR) is 103 cm³/mol. The molecule has 0 aromatic carbocycles. The fraction of sp³-hybridized carbons (Fsp3) is 0.529. The lowest BCUT2D eigenvalue weighted by molar-refractivity contribution is 0.0937. The Morgan fingerprint density at radius 3 is 3.04 bits per heavy atom. The van der Waals surface area contributed by atoms with Gasteiger partial charge in [-0.05, 0) is 31.7 Å². The quantitative estimate of drug-likeness (QED) is 0.548. The lowest BCUT2D eigenvalue weighted by atomic mass is 10.1. The maximum Gasteiger partial charge on any atom is 0.263 e. The molecule has 1 atom stereocenters. The highest BCUT2D eigenvalue weighted by Crippen LogP contribution is 2.30. The van der Waals surface area contributed by atoms with Gasteiger partial charge >= 0.3 is 0 Å². The van der Waals surface area contributed by atoms with Gasteiger partial charge in [0.15, 0.2) is 5.16 Å². The van der Waals surface area contributed by atoms with Crippen LogP contribution in [0, 0.1) is 6.92 Å². The number of nitrogens with zero attached hydrogens (tertiary/aromatic N) is 2. The predicted octanol–water partition coefficient (Wildman–Crippen LogP) is 4.35. The number of ether oxygens (including phenoxy) is 1. The molecule has 1 aliphatic rings. The second kappa shape index (κ2) is 8.04. The SMILES string of the molecule is CCc1c(C)sc2nc(SC/C=C/Cl)n(CC3CCCO3)c(=O)c12. The number of hydrogen-bond donors (Lipinski definition) is 0. The average molecular weight is 385 g/mol. The molecule has 24 heavy (non-hydrogen) atoms. The van der Waals surface area contributed by atoms with Gasteiger partial charge in [-0.1, -0.05) is 36.4 Å². The normalized spacial score (nSPS) is 18.2. The van der Waals surface area contributed by atoms with E-state index in [1.54, 1.807) is 15.9 Å². The van der Waals surface area contributed by atoms with Gasteiger partial charge in [0.2, 0.25) is 0 Å². The van der Waals surface area contributed by atoms with Gasteiger partial charge in [0, 0.05) is 22.8 Å². The van der Waals surface area contributed by atoms with E-state index in [4.69, 9.17) is 21.3 Å². The van der Waals surface area contributed by atoms with Crippen molar-refractivity contribution < 1.29 is 4.74 Å². The molecule has 0 aliphatic carbocycles. The molecule has 0 N–H and O–H groups in total. The zero-order valence-corrected chi connectivity index (χ0v) is 16.3. The molecule has 1 fully saturated rings. The molecule has 0 bridgehead atoms. The Kier molecular flexibility index (Phi) is 6.02. The molecule has 2 aromatic rings. The number of hydrogen-bond acceptors (Lipinski definition) is 5. The number of thiophene rings is 1. The Bertz CT molecular complexity index is 807. The third kappa shape index (κ3) is 3.57. The molecule has 3 rings (SSSR count). The minimum absolute atomic E-state index is 0.0639. The topological polar surface area (TPSA) is 44.1 Å². The molecule has 4 nitrogen and oxygen atoms in total. The Morgan fingerprint density at radius 2 is 2.38 bits per heavy atom. The van der Waals surface area contributed by atoms with Crippen LogP contribution in [0.5, 0.6) is 0 Å². The molecule has 0 radical (unpaired) electrons. The van der Waals surface area contributed by atoms with Gasteiger partial charge in [-0.3, -0.25) is 9.36 Å². The van der Waals surface area contributed by atoms with Crippen molar-refractivity contribution in [2.75, 3.05) is 12.4 Å². The lowest BCUT2D eigenvalue weighted by Crippen LogP contribution is -2.29. The highest BCUT2D eigenvalue weighted by molar-refractivity contribution is 7.99. The highest BCUT2D eigenvalue weighted by atomic mass is 35.5.